The second-order valence-corrected chi connectivity index (χ2v) is 8.04. The topological polar surface area (TPSA) is 44.8 Å². The van der Waals surface area contributed by atoms with E-state index in [9.17, 15) is 18.0 Å². The maximum absolute atomic E-state index is 13.3. The van der Waals surface area contributed by atoms with Gasteiger partial charge in [0.25, 0.3) is 0 Å². The van der Waals surface area contributed by atoms with Gasteiger partial charge in [0.05, 0.1) is 25.7 Å². The molecule has 3 rings (SSSR count). The van der Waals surface area contributed by atoms with Crippen molar-refractivity contribution in [1.29, 1.82) is 0 Å². The summed E-state index contributed by atoms with van der Waals surface area (Å²) < 4.78 is 56.3. The number of carbonyl (C=O) groups excluding carboxylic acids is 1. The standard InChI is InChI=1S/C25H23F3O4S/c1-3-31-24(29)14-17-9-11-22(30-2)23(13-17)32-21-12-10-19(25(26,27)28)15-18(21)16-33-20-7-5-4-6-8-20/h4-13,15H,3,14,16H2,1-2H3. The van der Waals surface area contributed by atoms with E-state index < -0.39 is 11.7 Å². The second-order valence-electron chi connectivity index (χ2n) is 6.99. The first-order valence-corrected chi connectivity index (χ1v) is 11.2. The molecule has 0 amide bonds. The first-order chi connectivity index (χ1) is 15.8. The lowest BCUT2D eigenvalue weighted by atomic mass is 10.1. The summed E-state index contributed by atoms with van der Waals surface area (Å²) in [5.74, 6) is 0.851. The molecule has 0 spiro atoms. The van der Waals surface area contributed by atoms with Crippen molar-refractivity contribution >= 4 is 17.7 Å². The molecule has 8 heteroatoms. The van der Waals surface area contributed by atoms with Crippen molar-refractivity contribution in [3.8, 4) is 17.2 Å². The molecule has 0 N–H and O–H groups in total. The van der Waals surface area contributed by atoms with Crippen LogP contribution in [-0.2, 0) is 27.9 Å². The van der Waals surface area contributed by atoms with Crippen molar-refractivity contribution in [1.82, 2.24) is 0 Å². The van der Waals surface area contributed by atoms with Gasteiger partial charge in [-0.05, 0) is 55.0 Å². The molecule has 0 unspecified atom stereocenters. The zero-order valence-corrected chi connectivity index (χ0v) is 19.0. The second kappa shape index (κ2) is 11.1. The first-order valence-electron chi connectivity index (χ1n) is 10.2. The van der Waals surface area contributed by atoms with E-state index in [1.807, 2.05) is 30.3 Å². The normalized spacial score (nSPS) is 11.2. The van der Waals surface area contributed by atoms with E-state index in [0.717, 1.165) is 17.0 Å². The van der Waals surface area contributed by atoms with E-state index in [4.69, 9.17) is 14.2 Å². The molecule has 0 saturated heterocycles. The van der Waals surface area contributed by atoms with Gasteiger partial charge in [0, 0.05) is 16.2 Å². The highest BCUT2D eigenvalue weighted by atomic mass is 32.2. The Bertz CT molecular complexity index is 1080. The van der Waals surface area contributed by atoms with Crippen LogP contribution in [0.1, 0.15) is 23.6 Å². The lowest BCUT2D eigenvalue weighted by Gasteiger charge is -2.16. The molecule has 0 aromatic heterocycles. The number of hydrogen-bond acceptors (Lipinski definition) is 5. The van der Waals surface area contributed by atoms with Gasteiger partial charge in [-0.15, -0.1) is 11.8 Å². The summed E-state index contributed by atoms with van der Waals surface area (Å²) in [6, 6.07) is 17.8. The molecule has 33 heavy (non-hydrogen) atoms. The molecular weight excluding hydrogens is 453 g/mol. The number of hydrogen-bond donors (Lipinski definition) is 0. The molecule has 0 fully saturated rings. The van der Waals surface area contributed by atoms with Gasteiger partial charge in [-0.3, -0.25) is 4.79 Å². The number of rotatable bonds is 9. The predicted molar refractivity (Wildman–Crippen MR) is 121 cm³/mol. The fourth-order valence-corrected chi connectivity index (χ4v) is 3.95. The van der Waals surface area contributed by atoms with E-state index in [2.05, 4.69) is 0 Å². The van der Waals surface area contributed by atoms with Gasteiger partial charge >= 0.3 is 12.1 Å². The van der Waals surface area contributed by atoms with E-state index >= 15 is 0 Å². The Morgan fingerprint density at radius 2 is 1.67 bits per heavy atom. The average molecular weight is 477 g/mol. The maximum atomic E-state index is 13.3. The van der Waals surface area contributed by atoms with Gasteiger partial charge in [0.15, 0.2) is 11.5 Å². The molecule has 3 aromatic carbocycles. The van der Waals surface area contributed by atoms with Gasteiger partial charge in [0.1, 0.15) is 5.75 Å². The van der Waals surface area contributed by atoms with Crippen LogP contribution < -0.4 is 9.47 Å². The number of methoxy groups -OCH3 is 1. The Hall–Kier alpha value is -3.13. The molecule has 0 bridgehead atoms. The number of halogens is 3. The third-order valence-electron chi connectivity index (χ3n) is 4.63. The van der Waals surface area contributed by atoms with Crippen molar-refractivity contribution in [2.45, 2.75) is 30.2 Å². The SMILES string of the molecule is CCOC(=O)Cc1ccc(OC)c(Oc2ccc(C(F)(F)F)cc2CSc2ccccc2)c1. The van der Waals surface area contributed by atoms with Crippen LogP contribution in [0.2, 0.25) is 0 Å². The zero-order chi connectivity index (χ0) is 23.8. The lowest BCUT2D eigenvalue weighted by molar-refractivity contribution is -0.142. The molecule has 0 aliphatic rings. The molecule has 174 valence electrons. The third-order valence-corrected chi connectivity index (χ3v) is 5.69. The van der Waals surface area contributed by atoms with Crippen molar-refractivity contribution in [3.63, 3.8) is 0 Å². The van der Waals surface area contributed by atoms with Gasteiger partial charge < -0.3 is 14.2 Å². The number of esters is 1. The monoisotopic (exact) mass is 476 g/mol. The smallest absolute Gasteiger partial charge is 0.416 e. The van der Waals surface area contributed by atoms with E-state index in [0.29, 0.717) is 22.6 Å². The molecule has 3 aromatic rings. The number of carbonyl (C=O) groups is 1. The van der Waals surface area contributed by atoms with Crippen molar-refractivity contribution in [2.75, 3.05) is 13.7 Å². The van der Waals surface area contributed by atoms with Crippen molar-refractivity contribution in [3.05, 3.63) is 83.4 Å². The minimum Gasteiger partial charge on any atom is -0.493 e. The molecular formula is C25H23F3O4S. The maximum Gasteiger partial charge on any atom is 0.416 e. The Morgan fingerprint density at radius 3 is 2.33 bits per heavy atom. The van der Waals surface area contributed by atoms with Crippen LogP contribution in [0.15, 0.2) is 71.6 Å². The summed E-state index contributed by atoms with van der Waals surface area (Å²) in [6.07, 6.45) is -4.43. The highest BCUT2D eigenvalue weighted by Crippen LogP contribution is 2.39. The third kappa shape index (κ3) is 6.92. The van der Waals surface area contributed by atoms with E-state index in [1.165, 1.54) is 24.9 Å². The van der Waals surface area contributed by atoms with Crippen LogP contribution in [0.25, 0.3) is 0 Å². The van der Waals surface area contributed by atoms with E-state index in [-0.39, 0.29) is 30.5 Å². The predicted octanol–water partition coefficient (Wildman–Crippen LogP) is 6.90. The largest absolute Gasteiger partial charge is 0.493 e. The Kier molecular flexibility index (Phi) is 8.27. The van der Waals surface area contributed by atoms with Crippen LogP contribution in [0.4, 0.5) is 13.2 Å². The minimum atomic E-state index is -4.47. The quantitative estimate of drug-likeness (QED) is 0.248. The van der Waals surface area contributed by atoms with Gasteiger partial charge in [-0.2, -0.15) is 13.2 Å². The van der Waals surface area contributed by atoms with Crippen LogP contribution in [0.3, 0.4) is 0 Å². The molecule has 0 saturated carbocycles. The Morgan fingerprint density at radius 1 is 0.939 bits per heavy atom. The minimum absolute atomic E-state index is 0.0396. The fourth-order valence-electron chi connectivity index (χ4n) is 3.05. The van der Waals surface area contributed by atoms with Gasteiger partial charge in [-0.25, -0.2) is 0 Å². The van der Waals surface area contributed by atoms with Crippen LogP contribution >= 0.6 is 11.8 Å². The van der Waals surface area contributed by atoms with Crippen LogP contribution in [0.5, 0.6) is 17.2 Å². The molecule has 0 radical (unpaired) electrons. The summed E-state index contributed by atoms with van der Waals surface area (Å²) in [5.41, 5.74) is 0.273. The highest BCUT2D eigenvalue weighted by Gasteiger charge is 2.31. The molecule has 0 aliphatic heterocycles. The number of alkyl halides is 3. The number of thioether (sulfide) groups is 1. The summed E-state index contributed by atoms with van der Waals surface area (Å²) in [7, 11) is 1.46. The number of benzene rings is 3. The Balaban J connectivity index is 1.91. The van der Waals surface area contributed by atoms with Gasteiger partial charge in [0.2, 0.25) is 0 Å². The van der Waals surface area contributed by atoms with Crippen molar-refractivity contribution < 1.29 is 32.2 Å². The molecule has 0 atom stereocenters. The summed E-state index contributed by atoms with van der Waals surface area (Å²) in [6.45, 7) is 1.99. The fraction of sp³-hybridized carbons (Fsp3) is 0.240. The lowest BCUT2D eigenvalue weighted by Crippen LogP contribution is -2.08. The van der Waals surface area contributed by atoms with Crippen LogP contribution in [-0.4, -0.2) is 19.7 Å². The van der Waals surface area contributed by atoms with E-state index in [1.54, 1.807) is 25.1 Å². The Labute approximate surface area is 194 Å². The summed E-state index contributed by atoms with van der Waals surface area (Å²) in [5, 5.41) is 0. The highest BCUT2D eigenvalue weighted by molar-refractivity contribution is 7.98. The van der Waals surface area contributed by atoms with Crippen molar-refractivity contribution in [2.24, 2.45) is 0 Å². The first kappa shape index (κ1) is 24.5. The zero-order valence-electron chi connectivity index (χ0n) is 18.1. The van der Waals surface area contributed by atoms with Gasteiger partial charge in [-0.1, -0.05) is 24.3 Å². The molecule has 4 nitrogen and oxygen atoms in total. The average Bonchev–Trinajstić information content (AvgIpc) is 2.79. The number of ether oxygens (including phenoxy) is 3. The summed E-state index contributed by atoms with van der Waals surface area (Å²) in [4.78, 5) is 12.8. The summed E-state index contributed by atoms with van der Waals surface area (Å²) >= 11 is 1.40. The molecule has 0 heterocycles. The van der Waals surface area contributed by atoms with Crippen LogP contribution in [0, 0.1) is 0 Å². The molecule has 0 aliphatic carbocycles.